The summed E-state index contributed by atoms with van der Waals surface area (Å²) in [6.07, 6.45) is 1.46. The van der Waals surface area contributed by atoms with Crippen LogP contribution >= 0.6 is 0 Å². The highest BCUT2D eigenvalue weighted by Gasteiger charge is 2.26. The van der Waals surface area contributed by atoms with E-state index in [2.05, 4.69) is 0 Å². The molecule has 2 heterocycles. The second kappa shape index (κ2) is 8.85. The van der Waals surface area contributed by atoms with Crippen molar-refractivity contribution < 1.29 is 23.0 Å². The molecular formula is C19H22N2O5S. The Bertz CT molecular complexity index is 813. The predicted octanol–water partition coefficient (Wildman–Crippen LogP) is 1.52. The second-order valence-electron chi connectivity index (χ2n) is 6.23. The van der Waals surface area contributed by atoms with Crippen LogP contribution in [0.3, 0.4) is 0 Å². The average molecular weight is 390 g/mol. The van der Waals surface area contributed by atoms with Crippen molar-refractivity contribution in [2.45, 2.75) is 5.75 Å². The Kier molecular flexibility index (Phi) is 6.28. The Balaban J connectivity index is 1.47. The summed E-state index contributed by atoms with van der Waals surface area (Å²) in [6, 6.07) is 10.6. The quantitative estimate of drug-likeness (QED) is 0.747. The van der Waals surface area contributed by atoms with E-state index in [0.717, 1.165) is 5.56 Å². The fourth-order valence-corrected chi connectivity index (χ4v) is 4.05. The summed E-state index contributed by atoms with van der Waals surface area (Å²) >= 11 is 0. The number of carbonyl (C=O) groups excluding carboxylic acids is 2. The maximum atomic E-state index is 12.4. The average Bonchev–Trinajstić information content (AvgIpc) is 3.22. The first-order chi connectivity index (χ1) is 13.1. The van der Waals surface area contributed by atoms with Crippen LogP contribution in [0, 0.1) is 0 Å². The summed E-state index contributed by atoms with van der Waals surface area (Å²) in [7, 11) is 0.282. The van der Waals surface area contributed by atoms with Crippen molar-refractivity contribution in [3.8, 4) is 5.75 Å². The number of hydrogen-bond donors (Lipinski definition) is 0. The topological polar surface area (TPSA) is 80.1 Å². The Morgan fingerprint density at radius 1 is 1.11 bits per heavy atom. The number of furan rings is 1. The molecular weight excluding hydrogens is 368 g/mol. The summed E-state index contributed by atoms with van der Waals surface area (Å²) in [6.45, 7) is 1.74. The van der Waals surface area contributed by atoms with Crippen LogP contribution in [0.2, 0.25) is 0 Å². The molecule has 1 saturated heterocycles. The molecule has 8 heteroatoms. The van der Waals surface area contributed by atoms with Crippen molar-refractivity contribution in [3.05, 3.63) is 54.0 Å². The van der Waals surface area contributed by atoms with Gasteiger partial charge in [0.15, 0.2) is 5.76 Å². The van der Waals surface area contributed by atoms with Gasteiger partial charge < -0.3 is 19.0 Å². The Morgan fingerprint density at radius 2 is 1.85 bits per heavy atom. The van der Waals surface area contributed by atoms with Crippen molar-refractivity contribution in [2.24, 2.45) is 0 Å². The molecule has 2 aromatic rings. The van der Waals surface area contributed by atoms with E-state index in [9.17, 15) is 13.8 Å². The van der Waals surface area contributed by atoms with Crippen molar-refractivity contribution in [1.29, 1.82) is 0 Å². The largest absolute Gasteiger partial charge is 0.497 e. The third-order valence-corrected chi connectivity index (χ3v) is 5.62. The van der Waals surface area contributed by atoms with Gasteiger partial charge in [-0.25, -0.2) is 0 Å². The minimum atomic E-state index is -1.30. The molecule has 0 radical (unpaired) electrons. The molecule has 0 aliphatic carbocycles. The summed E-state index contributed by atoms with van der Waals surface area (Å²) < 4.78 is 22.6. The third kappa shape index (κ3) is 4.97. The number of rotatable bonds is 6. The van der Waals surface area contributed by atoms with Crippen LogP contribution < -0.4 is 4.74 Å². The monoisotopic (exact) mass is 390 g/mol. The molecule has 1 atom stereocenters. The molecule has 27 heavy (non-hydrogen) atoms. The van der Waals surface area contributed by atoms with Gasteiger partial charge in [0, 0.05) is 42.7 Å². The van der Waals surface area contributed by atoms with Crippen LogP contribution in [0.15, 0.2) is 47.1 Å². The molecule has 7 nitrogen and oxygen atoms in total. The number of benzene rings is 1. The van der Waals surface area contributed by atoms with E-state index in [-0.39, 0.29) is 17.6 Å². The van der Waals surface area contributed by atoms with Gasteiger partial charge in [0.1, 0.15) is 11.5 Å². The number of ether oxygens (including phenoxy) is 1. The van der Waals surface area contributed by atoms with E-state index in [4.69, 9.17) is 9.15 Å². The van der Waals surface area contributed by atoms with E-state index >= 15 is 0 Å². The molecule has 1 aromatic heterocycles. The first-order valence-electron chi connectivity index (χ1n) is 8.65. The van der Waals surface area contributed by atoms with Gasteiger partial charge in [-0.2, -0.15) is 0 Å². The van der Waals surface area contributed by atoms with E-state index in [0.29, 0.717) is 43.4 Å². The molecule has 0 N–H and O–H groups in total. The summed E-state index contributed by atoms with van der Waals surface area (Å²) in [5.41, 5.74) is 0.870. The number of nitrogens with zero attached hydrogens (tertiary/aromatic N) is 2. The van der Waals surface area contributed by atoms with Gasteiger partial charge in [0.2, 0.25) is 5.91 Å². The number of piperazine rings is 1. The number of hydrogen-bond acceptors (Lipinski definition) is 5. The zero-order valence-electron chi connectivity index (χ0n) is 15.1. The molecule has 0 spiro atoms. The first kappa shape index (κ1) is 19.2. The Morgan fingerprint density at radius 3 is 2.52 bits per heavy atom. The lowest BCUT2D eigenvalue weighted by molar-refractivity contribution is -0.129. The molecule has 0 saturated carbocycles. The summed E-state index contributed by atoms with van der Waals surface area (Å²) in [5, 5.41) is 0. The lowest BCUT2D eigenvalue weighted by Gasteiger charge is -2.34. The van der Waals surface area contributed by atoms with Crippen LogP contribution in [0.5, 0.6) is 5.75 Å². The second-order valence-corrected chi connectivity index (χ2v) is 7.69. The highest BCUT2D eigenvalue weighted by molar-refractivity contribution is 7.84. The van der Waals surface area contributed by atoms with E-state index in [1.165, 1.54) is 6.26 Å². The van der Waals surface area contributed by atoms with Gasteiger partial charge >= 0.3 is 0 Å². The zero-order valence-corrected chi connectivity index (χ0v) is 15.9. The number of methoxy groups -OCH3 is 1. The van der Waals surface area contributed by atoms with Gasteiger partial charge in [-0.1, -0.05) is 12.1 Å². The molecule has 0 bridgehead atoms. The molecule has 1 aromatic carbocycles. The molecule has 144 valence electrons. The lowest BCUT2D eigenvalue weighted by atomic mass is 10.2. The van der Waals surface area contributed by atoms with Crippen molar-refractivity contribution >= 4 is 22.6 Å². The lowest BCUT2D eigenvalue weighted by Crippen LogP contribution is -2.51. The number of carbonyl (C=O) groups is 2. The van der Waals surface area contributed by atoms with Gasteiger partial charge in [-0.3, -0.25) is 13.8 Å². The van der Waals surface area contributed by atoms with Crippen molar-refractivity contribution in [1.82, 2.24) is 9.80 Å². The zero-order chi connectivity index (χ0) is 19.2. The fourth-order valence-electron chi connectivity index (χ4n) is 2.94. The maximum Gasteiger partial charge on any atom is 0.289 e. The van der Waals surface area contributed by atoms with Crippen LogP contribution in [0.1, 0.15) is 16.1 Å². The Hall–Kier alpha value is -2.61. The molecule has 1 aliphatic heterocycles. The predicted molar refractivity (Wildman–Crippen MR) is 101 cm³/mol. The highest BCUT2D eigenvalue weighted by atomic mass is 32.2. The molecule has 0 unspecified atom stereocenters. The van der Waals surface area contributed by atoms with Gasteiger partial charge in [-0.05, 0) is 29.8 Å². The minimum absolute atomic E-state index is 0.0245. The smallest absolute Gasteiger partial charge is 0.289 e. The van der Waals surface area contributed by atoms with Crippen molar-refractivity contribution in [2.75, 3.05) is 39.0 Å². The van der Waals surface area contributed by atoms with E-state index < -0.39 is 10.8 Å². The third-order valence-electron chi connectivity index (χ3n) is 4.40. The normalized spacial score (nSPS) is 15.4. The van der Waals surface area contributed by atoms with Crippen LogP contribution in [-0.2, 0) is 21.3 Å². The van der Waals surface area contributed by atoms with Gasteiger partial charge in [0.25, 0.3) is 5.91 Å². The van der Waals surface area contributed by atoms with Crippen LogP contribution in [0.25, 0.3) is 0 Å². The van der Waals surface area contributed by atoms with Gasteiger partial charge in [-0.15, -0.1) is 0 Å². The SMILES string of the molecule is COc1cccc(C[S@@](=O)CC(=O)N2CCN(C(=O)c3ccco3)CC2)c1. The first-order valence-corrected chi connectivity index (χ1v) is 10.1. The molecule has 3 rings (SSSR count). The maximum absolute atomic E-state index is 12.4. The fraction of sp³-hybridized carbons (Fsp3) is 0.368. The highest BCUT2D eigenvalue weighted by Crippen LogP contribution is 2.15. The van der Waals surface area contributed by atoms with Gasteiger partial charge in [0.05, 0.1) is 13.4 Å². The molecule has 2 amide bonds. The summed E-state index contributed by atoms with van der Waals surface area (Å²) in [4.78, 5) is 28.0. The molecule has 1 fully saturated rings. The van der Waals surface area contributed by atoms with E-state index in [1.54, 1.807) is 29.0 Å². The van der Waals surface area contributed by atoms with Crippen LogP contribution in [0.4, 0.5) is 0 Å². The number of amides is 2. The van der Waals surface area contributed by atoms with E-state index in [1.807, 2.05) is 24.3 Å². The van der Waals surface area contributed by atoms with Crippen molar-refractivity contribution in [3.63, 3.8) is 0 Å². The molecule has 1 aliphatic rings. The van der Waals surface area contributed by atoms with Crippen LogP contribution in [-0.4, -0.2) is 64.9 Å². The standard InChI is InChI=1S/C19H22N2O5S/c1-25-16-5-2-4-15(12-16)13-27(24)14-18(22)20-7-9-21(10-8-20)19(23)17-6-3-11-26-17/h2-6,11-12H,7-10,13-14H2,1H3/t27-/m1/s1. The summed E-state index contributed by atoms with van der Waals surface area (Å²) in [5.74, 6) is 0.959. The Labute approximate surface area is 160 Å². The minimum Gasteiger partial charge on any atom is -0.497 e.